The van der Waals surface area contributed by atoms with Crippen molar-refractivity contribution in [3.05, 3.63) is 41.0 Å². The van der Waals surface area contributed by atoms with E-state index in [2.05, 4.69) is 9.97 Å². The largest absolute Gasteiger partial charge is 0.471 e. The molecule has 0 saturated carbocycles. The maximum Gasteiger partial charge on any atom is 0.471 e. The number of thiophene rings is 1. The van der Waals surface area contributed by atoms with Gasteiger partial charge in [-0.25, -0.2) is 13.2 Å². The first kappa shape index (κ1) is 36.8. The number of rotatable bonds is 7. The lowest BCUT2D eigenvalue weighted by atomic mass is 9.92. The number of nitrogens with two attached hydrogens (primary N) is 1. The summed E-state index contributed by atoms with van der Waals surface area (Å²) >= 11 is 0.612. The average Bonchev–Trinajstić information content (AvgIpc) is 3.86. The first-order valence-corrected chi connectivity index (χ1v) is 17.5. The fourth-order valence-corrected chi connectivity index (χ4v) is 9.01. The first-order chi connectivity index (χ1) is 25.0. The Balaban J connectivity index is 1.44. The van der Waals surface area contributed by atoms with E-state index < -0.39 is 87.8 Å². The topological polar surface area (TPSA) is 112 Å². The van der Waals surface area contributed by atoms with Crippen LogP contribution in [0.25, 0.3) is 32.1 Å². The van der Waals surface area contributed by atoms with Gasteiger partial charge in [-0.3, -0.25) is 9.69 Å². The third kappa shape index (κ3) is 6.22. The van der Waals surface area contributed by atoms with Crippen LogP contribution in [-0.4, -0.2) is 88.9 Å². The summed E-state index contributed by atoms with van der Waals surface area (Å²) in [5.74, 6) is -4.80. The number of likely N-dealkylation sites (tertiary alicyclic amines) is 1. The first-order valence-electron chi connectivity index (χ1n) is 16.6. The number of benzene rings is 2. The quantitative estimate of drug-likeness (QED) is 0.197. The van der Waals surface area contributed by atoms with Gasteiger partial charge in [-0.1, -0.05) is 6.07 Å². The van der Waals surface area contributed by atoms with Gasteiger partial charge in [0.15, 0.2) is 5.82 Å². The molecule has 0 bridgehead atoms. The second kappa shape index (κ2) is 13.1. The summed E-state index contributed by atoms with van der Waals surface area (Å²) in [5, 5.41) is 8.82. The van der Waals surface area contributed by atoms with E-state index in [0.717, 1.165) is 18.6 Å². The second-order valence-electron chi connectivity index (χ2n) is 13.4. The molecule has 1 amide bonds. The van der Waals surface area contributed by atoms with Gasteiger partial charge in [0, 0.05) is 55.0 Å². The molecule has 3 atom stereocenters. The van der Waals surface area contributed by atoms with Crippen LogP contribution >= 0.6 is 11.3 Å². The second-order valence-corrected chi connectivity index (χ2v) is 14.5. The van der Waals surface area contributed by atoms with Gasteiger partial charge in [0.2, 0.25) is 0 Å². The molecule has 19 heteroatoms. The summed E-state index contributed by atoms with van der Waals surface area (Å²) in [4.78, 5) is 24.5. The number of halogens is 9. The smallest absolute Gasteiger partial charge is 0.461 e. The number of aromatic nitrogens is 2. The molecule has 7 rings (SSSR count). The van der Waals surface area contributed by atoms with Gasteiger partial charge in [-0.15, -0.1) is 11.3 Å². The number of likely N-dealkylation sites (N-methyl/N-ethyl adjacent to an activating group) is 1. The van der Waals surface area contributed by atoms with Crippen molar-refractivity contribution in [3.8, 4) is 23.2 Å². The number of hydrogen-bond acceptors (Lipinski definition) is 9. The summed E-state index contributed by atoms with van der Waals surface area (Å²) in [7, 11) is 0. The van der Waals surface area contributed by atoms with Crippen molar-refractivity contribution >= 4 is 49.1 Å². The molecule has 2 N–H and O–H groups in total. The minimum Gasteiger partial charge on any atom is -0.461 e. The fourth-order valence-electron chi connectivity index (χ4n) is 8.06. The highest BCUT2D eigenvalue weighted by atomic mass is 32.1. The summed E-state index contributed by atoms with van der Waals surface area (Å²) in [6.07, 6.45) is -10.1. The van der Waals surface area contributed by atoms with Gasteiger partial charge in [0.05, 0.1) is 21.4 Å². The Morgan fingerprint density at radius 1 is 1.17 bits per heavy atom. The third-order valence-electron chi connectivity index (χ3n) is 10.4. The number of nitrogen functional groups attached to an aromatic ring is 1. The highest BCUT2D eigenvalue weighted by Crippen LogP contribution is 2.48. The Morgan fingerprint density at radius 3 is 2.60 bits per heavy atom. The number of amides is 1. The Morgan fingerprint density at radius 2 is 1.92 bits per heavy atom. The normalized spacial score (nSPS) is 22.2. The number of alkyl halides is 7. The number of carbonyl (C=O) groups excluding carboxylic acids is 1. The van der Waals surface area contributed by atoms with E-state index in [-0.39, 0.29) is 65.6 Å². The summed E-state index contributed by atoms with van der Waals surface area (Å²) < 4.78 is 137. The lowest BCUT2D eigenvalue weighted by Crippen LogP contribution is -2.44. The number of nitriles is 1. The van der Waals surface area contributed by atoms with Crippen LogP contribution in [0.15, 0.2) is 18.2 Å². The molecule has 3 aliphatic heterocycles. The molecule has 4 aromatic rings. The van der Waals surface area contributed by atoms with Gasteiger partial charge in [0.25, 0.3) is 0 Å². The molecule has 2 aromatic heterocycles. The maximum atomic E-state index is 17.1. The Labute approximate surface area is 299 Å². The Bertz CT molecular complexity index is 2170. The van der Waals surface area contributed by atoms with E-state index in [4.69, 9.17) is 10.5 Å². The zero-order chi connectivity index (χ0) is 38.2. The number of carbonyl (C=O) groups is 1. The molecule has 3 unspecified atom stereocenters. The SMILES string of the molecule is CCN(c1nc(OCC23CCCN2CC(F)C3)nc2c(F)c(-c3ccc(F)c4sc(N)c(C#N)c34)c(C(F)(F)F)cc12)C1CCN(C(=O)C(F)(F)F)C1. The van der Waals surface area contributed by atoms with E-state index in [1.165, 1.54) is 4.90 Å². The zero-order valence-electron chi connectivity index (χ0n) is 27.8. The molecule has 53 heavy (non-hydrogen) atoms. The minimum atomic E-state index is -5.25. The van der Waals surface area contributed by atoms with Gasteiger partial charge >= 0.3 is 24.3 Å². The van der Waals surface area contributed by atoms with E-state index in [9.17, 15) is 32.0 Å². The van der Waals surface area contributed by atoms with Crippen molar-refractivity contribution in [1.29, 1.82) is 5.26 Å². The summed E-state index contributed by atoms with van der Waals surface area (Å²) in [5.41, 5.74) is 1.11. The van der Waals surface area contributed by atoms with Crippen molar-refractivity contribution in [1.82, 2.24) is 19.8 Å². The number of hydrogen-bond donors (Lipinski definition) is 1. The van der Waals surface area contributed by atoms with Crippen LogP contribution in [0.5, 0.6) is 6.01 Å². The van der Waals surface area contributed by atoms with Crippen LogP contribution < -0.4 is 15.4 Å². The monoisotopic (exact) mass is 771 g/mol. The van der Waals surface area contributed by atoms with Gasteiger partial charge in [-0.2, -0.15) is 41.6 Å². The average molecular weight is 772 g/mol. The number of nitrogens with zero attached hydrogens (tertiary/aromatic N) is 6. The maximum absolute atomic E-state index is 17.1. The van der Waals surface area contributed by atoms with Crippen LogP contribution in [0.3, 0.4) is 0 Å². The molecule has 2 aromatic carbocycles. The Kier molecular flexibility index (Phi) is 9.07. The van der Waals surface area contributed by atoms with Gasteiger partial charge < -0.3 is 20.3 Å². The van der Waals surface area contributed by atoms with Gasteiger partial charge in [0.1, 0.15) is 41.0 Å². The number of anilines is 2. The third-order valence-corrected chi connectivity index (χ3v) is 11.4. The molecule has 5 heterocycles. The minimum absolute atomic E-state index is 0.0237. The van der Waals surface area contributed by atoms with Crippen molar-refractivity contribution in [3.63, 3.8) is 0 Å². The van der Waals surface area contributed by atoms with E-state index >= 15 is 17.6 Å². The summed E-state index contributed by atoms with van der Waals surface area (Å²) in [6, 6.07) is 2.73. The molecule has 3 aliphatic rings. The molecular formula is C34H30F9N7O2S. The van der Waals surface area contributed by atoms with Crippen molar-refractivity contribution in [2.24, 2.45) is 0 Å². The van der Waals surface area contributed by atoms with Crippen molar-refractivity contribution in [2.45, 2.75) is 62.7 Å². The van der Waals surface area contributed by atoms with Crippen LogP contribution in [0.4, 0.5) is 50.3 Å². The molecule has 0 radical (unpaired) electrons. The molecule has 0 spiro atoms. The lowest BCUT2D eigenvalue weighted by Gasteiger charge is -2.32. The number of fused-ring (bicyclic) bond motifs is 3. The standard InChI is InChI=1S/C34H30F9N7O2S/c1-2-50(17-6-9-48(14-17)30(51)34(41,42)43)29-19-10-21(33(38,39)40)24(18-4-5-22(36)27-23(18)20(12-44)28(45)53-27)25(37)26(19)46-31(47-29)52-15-32-7-3-8-49(32)13-16(35)11-32/h4-5,10,16-17H,2-3,6-9,11,13-15,45H2,1H3. The molecule has 3 fully saturated rings. The summed E-state index contributed by atoms with van der Waals surface area (Å²) in [6.45, 7) is 1.38. The molecule has 0 aliphatic carbocycles. The van der Waals surface area contributed by atoms with Gasteiger partial charge in [-0.05, 0) is 50.4 Å². The van der Waals surface area contributed by atoms with Crippen LogP contribution in [-0.2, 0) is 11.0 Å². The van der Waals surface area contributed by atoms with E-state index in [1.807, 2.05) is 4.90 Å². The van der Waals surface area contributed by atoms with Crippen LogP contribution in [0.1, 0.15) is 43.7 Å². The van der Waals surface area contributed by atoms with Crippen molar-refractivity contribution in [2.75, 3.05) is 50.0 Å². The van der Waals surface area contributed by atoms with E-state index in [1.54, 1.807) is 13.0 Å². The zero-order valence-corrected chi connectivity index (χ0v) is 28.7. The number of ether oxygens (including phenoxy) is 1. The van der Waals surface area contributed by atoms with E-state index in [0.29, 0.717) is 35.3 Å². The predicted octanol–water partition coefficient (Wildman–Crippen LogP) is 7.21. The Hall–Kier alpha value is -4.57. The van der Waals surface area contributed by atoms with Crippen LogP contribution in [0, 0.1) is 23.0 Å². The highest BCUT2D eigenvalue weighted by Gasteiger charge is 2.50. The molecule has 282 valence electrons. The molecule has 3 saturated heterocycles. The fraction of sp³-hybridized carbons (Fsp3) is 0.471. The highest BCUT2D eigenvalue weighted by molar-refractivity contribution is 7.23. The molecule has 9 nitrogen and oxygen atoms in total. The van der Waals surface area contributed by atoms with Crippen molar-refractivity contribution < 1.29 is 49.0 Å². The predicted molar refractivity (Wildman–Crippen MR) is 177 cm³/mol. The molecular weight excluding hydrogens is 741 g/mol. The van der Waals surface area contributed by atoms with Crippen LogP contribution in [0.2, 0.25) is 0 Å². The lowest BCUT2D eigenvalue weighted by molar-refractivity contribution is -0.184.